The van der Waals surface area contributed by atoms with Crippen LogP contribution < -0.4 is 5.32 Å². The molecule has 0 bridgehead atoms. The van der Waals surface area contributed by atoms with E-state index < -0.39 is 10.8 Å². The molecule has 2 atom stereocenters. The molecule has 0 saturated carbocycles. The van der Waals surface area contributed by atoms with E-state index in [1.807, 2.05) is 0 Å². The Labute approximate surface area is 84.2 Å². The molecule has 76 valence electrons. The lowest BCUT2D eigenvalue weighted by Crippen LogP contribution is -2.20. The number of rotatable bonds is 2. The molecule has 0 amide bonds. The van der Waals surface area contributed by atoms with Crippen molar-refractivity contribution in [1.29, 1.82) is 0 Å². The quantitative estimate of drug-likeness (QED) is 0.803. The maximum absolute atomic E-state index is 13.1. The molecule has 2 heterocycles. The third-order valence-electron chi connectivity index (χ3n) is 2.18. The zero-order valence-electron chi connectivity index (χ0n) is 7.57. The number of pyridine rings is 1. The monoisotopic (exact) mass is 214 g/mol. The molecule has 1 aromatic rings. The molecular weight excluding hydrogens is 203 g/mol. The first kappa shape index (κ1) is 9.58. The van der Waals surface area contributed by atoms with E-state index in [1.165, 1.54) is 12.3 Å². The zero-order chi connectivity index (χ0) is 9.97. The summed E-state index contributed by atoms with van der Waals surface area (Å²) in [5.41, 5.74) is 0. The smallest absolute Gasteiger partial charge is 0.165 e. The number of halogens is 1. The lowest BCUT2D eigenvalue weighted by Gasteiger charge is -2.11. The molecule has 1 fully saturated rings. The Morgan fingerprint density at radius 2 is 2.50 bits per heavy atom. The van der Waals surface area contributed by atoms with Gasteiger partial charge in [0.25, 0.3) is 0 Å². The molecule has 5 heteroatoms. The molecule has 0 aromatic carbocycles. The van der Waals surface area contributed by atoms with E-state index in [4.69, 9.17) is 0 Å². The summed E-state index contributed by atoms with van der Waals surface area (Å²) in [5, 5.41) is 2.96. The Morgan fingerprint density at radius 3 is 3.14 bits per heavy atom. The Hall–Kier alpha value is -0.970. The van der Waals surface area contributed by atoms with Crippen LogP contribution in [0.5, 0.6) is 0 Å². The zero-order valence-corrected chi connectivity index (χ0v) is 8.39. The second-order valence-electron chi connectivity index (χ2n) is 3.27. The van der Waals surface area contributed by atoms with Crippen molar-refractivity contribution >= 4 is 16.6 Å². The second kappa shape index (κ2) is 4.04. The van der Waals surface area contributed by atoms with E-state index in [2.05, 4.69) is 10.3 Å². The molecule has 0 aliphatic carbocycles. The van der Waals surface area contributed by atoms with Gasteiger partial charge in [0.1, 0.15) is 0 Å². The minimum atomic E-state index is -0.746. The van der Waals surface area contributed by atoms with Crippen molar-refractivity contribution in [1.82, 2.24) is 4.98 Å². The van der Waals surface area contributed by atoms with Gasteiger partial charge in [-0.3, -0.25) is 4.21 Å². The van der Waals surface area contributed by atoms with Crippen molar-refractivity contribution in [3.05, 3.63) is 24.1 Å². The number of nitrogens with zero attached hydrogens (tertiary/aromatic N) is 1. The first-order valence-electron chi connectivity index (χ1n) is 4.48. The number of hydrogen-bond donors (Lipinski definition) is 1. The number of aromatic nitrogens is 1. The van der Waals surface area contributed by atoms with Gasteiger partial charge in [-0.15, -0.1) is 0 Å². The predicted octanol–water partition coefficient (Wildman–Crippen LogP) is 1.15. The van der Waals surface area contributed by atoms with E-state index in [1.54, 1.807) is 6.07 Å². The summed E-state index contributed by atoms with van der Waals surface area (Å²) in [4.78, 5) is 3.88. The van der Waals surface area contributed by atoms with Crippen LogP contribution in [0.1, 0.15) is 6.42 Å². The molecule has 3 nitrogen and oxygen atoms in total. The first-order chi connectivity index (χ1) is 6.75. The Kier molecular flexibility index (Phi) is 2.77. The normalized spacial score (nSPS) is 26.4. The molecular formula is C9H11FN2OS. The summed E-state index contributed by atoms with van der Waals surface area (Å²) in [6, 6.07) is 3.01. The standard InChI is InChI=1S/C9H11FN2OS/c10-8-2-1-4-11-9(8)12-7-3-5-14(13)6-7/h1-2,4,7H,3,5-6H2,(H,11,12). The van der Waals surface area contributed by atoms with Gasteiger partial charge in [0.2, 0.25) is 0 Å². The summed E-state index contributed by atoms with van der Waals surface area (Å²) < 4.78 is 24.2. The lowest BCUT2D eigenvalue weighted by atomic mass is 10.2. The number of anilines is 1. The maximum Gasteiger partial charge on any atom is 0.165 e. The molecule has 14 heavy (non-hydrogen) atoms. The van der Waals surface area contributed by atoms with Crippen molar-refractivity contribution < 1.29 is 8.60 Å². The van der Waals surface area contributed by atoms with Crippen molar-refractivity contribution in [2.75, 3.05) is 16.8 Å². The van der Waals surface area contributed by atoms with Gasteiger partial charge in [-0.1, -0.05) is 0 Å². The fourth-order valence-corrected chi connectivity index (χ4v) is 2.88. The van der Waals surface area contributed by atoms with E-state index in [0.29, 0.717) is 11.5 Å². The predicted molar refractivity (Wildman–Crippen MR) is 54.1 cm³/mol. The minimum absolute atomic E-state index is 0.0974. The minimum Gasteiger partial charge on any atom is -0.364 e. The highest BCUT2D eigenvalue weighted by atomic mass is 32.2. The lowest BCUT2D eigenvalue weighted by molar-refractivity contribution is 0.620. The topological polar surface area (TPSA) is 42.0 Å². The van der Waals surface area contributed by atoms with Gasteiger partial charge < -0.3 is 5.32 Å². The third kappa shape index (κ3) is 2.09. The molecule has 0 radical (unpaired) electrons. The van der Waals surface area contributed by atoms with Crippen LogP contribution in [0.3, 0.4) is 0 Å². The molecule has 1 saturated heterocycles. The summed E-state index contributed by atoms with van der Waals surface area (Å²) >= 11 is 0. The van der Waals surface area contributed by atoms with Gasteiger partial charge in [-0.2, -0.15) is 0 Å². The van der Waals surface area contributed by atoms with Crippen LogP contribution in [0.25, 0.3) is 0 Å². The summed E-state index contributed by atoms with van der Waals surface area (Å²) in [6.45, 7) is 0. The van der Waals surface area contributed by atoms with Crippen LogP contribution in [0.2, 0.25) is 0 Å². The molecule has 2 unspecified atom stereocenters. The Bertz CT molecular complexity index is 358. The summed E-state index contributed by atoms with van der Waals surface area (Å²) in [7, 11) is -0.746. The van der Waals surface area contributed by atoms with Gasteiger partial charge in [0, 0.05) is 34.5 Å². The number of nitrogens with one attached hydrogen (secondary N) is 1. The SMILES string of the molecule is O=S1CCC(Nc2ncccc2F)C1. The maximum atomic E-state index is 13.1. The van der Waals surface area contributed by atoms with Crippen LogP contribution in [0, 0.1) is 5.82 Å². The largest absolute Gasteiger partial charge is 0.364 e. The van der Waals surface area contributed by atoms with Crippen LogP contribution in [-0.4, -0.2) is 26.7 Å². The van der Waals surface area contributed by atoms with E-state index in [0.717, 1.165) is 6.42 Å². The summed E-state index contributed by atoms with van der Waals surface area (Å²) in [6.07, 6.45) is 2.36. The van der Waals surface area contributed by atoms with Gasteiger partial charge in [-0.25, -0.2) is 9.37 Å². The number of hydrogen-bond acceptors (Lipinski definition) is 3. The second-order valence-corrected chi connectivity index (χ2v) is 4.90. The Morgan fingerprint density at radius 1 is 1.64 bits per heavy atom. The van der Waals surface area contributed by atoms with Gasteiger partial charge in [-0.05, 0) is 18.6 Å². The highest BCUT2D eigenvalue weighted by Crippen LogP contribution is 2.15. The van der Waals surface area contributed by atoms with E-state index >= 15 is 0 Å². The molecule has 0 spiro atoms. The van der Waals surface area contributed by atoms with Crippen molar-refractivity contribution in [2.45, 2.75) is 12.5 Å². The molecule has 1 N–H and O–H groups in total. The summed E-state index contributed by atoms with van der Waals surface area (Å²) in [5.74, 6) is 1.20. The molecule has 1 aliphatic heterocycles. The average molecular weight is 214 g/mol. The van der Waals surface area contributed by atoms with Crippen LogP contribution in [0.15, 0.2) is 18.3 Å². The first-order valence-corrected chi connectivity index (χ1v) is 5.96. The molecule has 2 rings (SSSR count). The highest BCUT2D eigenvalue weighted by molar-refractivity contribution is 7.85. The molecule has 1 aromatic heterocycles. The van der Waals surface area contributed by atoms with Gasteiger partial charge in [0.05, 0.1) is 0 Å². The highest BCUT2D eigenvalue weighted by Gasteiger charge is 2.21. The van der Waals surface area contributed by atoms with Crippen molar-refractivity contribution in [2.24, 2.45) is 0 Å². The fourth-order valence-electron chi connectivity index (χ4n) is 1.46. The molecule has 1 aliphatic rings. The van der Waals surface area contributed by atoms with Crippen LogP contribution >= 0.6 is 0 Å². The van der Waals surface area contributed by atoms with Gasteiger partial charge >= 0.3 is 0 Å². The van der Waals surface area contributed by atoms with Crippen LogP contribution in [0.4, 0.5) is 10.2 Å². The average Bonchev–Trinajstić information content (AvgIpc) is 2.56. The van der Waals surface area contributed by atoms with Crippen LogP contribution in [-0.2, 0) is 10.8 Å². The third-order valence-corrected chi connectivity index (χ3v) is 3.65. The van der Waals surface area contributed by atoms with E-state index in [-0.39, 0.29) is 17.7 Å². The van der Waals surface area contributed by atoms with Crippen molar-refractivity contribution in [3.8, 4) is 0 Å². The van der Waals surface area contributed by atoms with Crippen molar-refractivity contribution in [3.63, 3.8) is 0 Å². The van der Waals surface area contributed by atoms with E-state index in [9.17, 15) is 8.60 Å². The Balaban J connectivity index is 2.04. The van der Waals surface area contributed by atoms with Gasteiger partial charge in [0.15, 0.2) is 11.6 Å². The fraction of sp³-hybridized carbons (Fsp3) is 0.444.